The second-order valence-electron chi connectivity index (χ2n) is 5.21. The molecular formula is C15H15FN4O2. The summed E-state index contributed by atoms with van der Waals surface area (Å²) < 4.78 is 19.9. The summed E-state index contributed by atoms with van der Waals surface area (Å²) >= 11 is 0. The summed E-state index contributed by atoms with van der Waals surface area (Å²) in [4.78, 5) is 11.8. The van der Waals surface area contributed by atoms with Gasteiger partial charge in [0.2, 0.25) is 0 Å². The summed E-state index contributed by atoms with van der Waals surface area (Å²) in [5.74, 6) is 4.33. The lowest BCUT2D eigenvalue weighted by Crippen LogP contribution is -2.30. The maximum absolute atomic E-state index is 14.4. The molecule has 0 unspecified atom stereocenters. The van der Waals surface area contributed by atoms with E-state index in [9.17, 15) is 9.18 Å². The number of hydrogen-bond donors (Lipinski definition) is 2. The molecule has 1 aromatic heterocycles. The van der Waals surface area contributed by atoms with Gasteiger partial charge in [-0.1, -0.05) is 12.1 Å². The molecule has 3 N–H and O–H groups in total. The standard InChI is InChI=1S/C15H15FN4O2/c1-8-7-11(14(21)18-17)15(20-19-8)22-12-4-2-3-10(13(12)16)9-5-6-9/h2-4,7,9H,5-6,17H2,1H3,(H,18,21). The van der Waals surface area contributed by atoms with Crippen molar-refractivity contribution in [3.63, 3.8) is 0 Å². The van der Waals surface area contributed by atoms with Crippen molar-refractivity contribution < 1.29 is 13.9 Å². The fraction of sp³-hybridized carbons (Fsp3) is 0.267. The molecule has 0 saturated heterocycles. The number of halogens is 1. The molecule has 1 heterocycles. The molecule has 0 aliphatic heterocycles. The molecule has 0 spiro atoms. The Labute approximate surface area is 126 Å². The first-order valence-electron chi connectivity index (χ1n) is 6.91. The van der Waals surface area contributed by atoms with Crippen LogP contribution in [-0.2, 0) is 0 Å². The Morgan fingerprint density at radius 3 is 2.86 bits per heavy atom. The van der Waals surface area contributed by atoms with Crippen molar-refractivity contribution in [2.24, 2.45) is 5.84 Å². The Morgan fingerprint density at radius 1 is 1.41 bits per heavy atom. The second kappa shape index (κ2) is 5.69. The molecule has 7 heteroatoms. The third kappa shape index (κ3) is 2.75. The molecule has 2 aromatic rings. The minimum atomic E-state index is -0.577. The number of carbonyl (C=O) groups excluding carboxylic acids is 1. The summed E-state index contributed by atoms with van der Waals surface area (Å²) in [6.07, 6.45) is 1.96. The molecule has 1 aromatic carbocycles. The van der Waals surface area contributed by atoms with Crippen LogP contribution in [0.25, 0.3) is 0 Å². The molecule has 1 aliphatic rings. The van der Waals surface area contributed by atoms with Crippen LogP contribution in [0.2, 0.25) is 0 Å². The van der Waals surface area contributed by atoms with Gasteiger partial charge in [-0.25, -0.2) is 10.2 Å². The van der Waals surface area contributed by atoms with Crippen LogP contribution in [0, 0.1) is 12.7 Å². The van der Waals surface area contributed by atoms with E-state index in [-0.39, 0.29) is 23.1 Å². The van der Waals surface area contributed by atoms with Crippen LogP contribution in [0.5, 0.6) is 11.6 Å². The first-order valence-corrected chi connectivity index (χ1v) is 6.91. The Hall–Kier alpha value is -2.54. The van der Waals surface area contributed by atoms with Crippen LogP contribution in [0.15, 0.2) is 24.3 Å². The SMILES string of the molecule is Cc1cc(C(=O)NN)c(Oc2cccc(C3CC3)c2F)nn1. The van der Waals surface area contributed by atoms with E-state index in [4.69, 9.17) is 10.6 Å². The average Bonchev–Trinajstić information content (AvgIpc) is 3.35. The van der Waals surface area contributed by atoms with Crippen LogP contribution in [-0.4, -0.2) is 16.1 Å². The number of nitrogens with two attached hydrogens (primary N) is 1. The monoisotopic (exact) mass is 302 g/mol. The van der Waals surface area contributed by atoms with Gasteiger partial charge in [0.1, 0.15) is 5.56 Å². The van der Waals surface area contributed by atoms with Gasteiger partial charge in [0, 0.05) is 0 Å². The quantitative estimate of drug-likeness (QED) is 0.513. The predicted octanol–water partition coefficient (Wildman–Crippen LogP) is 2.20. The normalized spacial score (nSPS) is 13.8. The van der Waals surface area contributed by atoms with E-state index in [0.29, 0.717) is 11.3 Å². The molecule has 0 atom stereocenters. The number of nitrogen functional groups attached to an aromatic ring is 1. The number of hydrogen-bond acceptors (Lipinski definition) is 5. The van der Waals surface area contributed by atoms with Crippen molar-refractivity contribution in [3.8, 4) is 11.6 Å². The van der Waals surface area contributed by atoms with Gasteiger partial charge in [0.05, 0.1) is 5.69 Å². The first-order chi connectivity index (χ1) is 10.6. The number of nitrogens with one attached hydrogen (secondary N) is 1. The van der Waals surface area contributed by atoms with Gasteiger partial charge < -0.3 is 4.74 Å². The number of hydrazine groups is 1. The van der Waals surface area contributed by atoms with Crippen molar-refractivity contribution in [2.75, 3.05) is 0 Å². The minimum absolute atomic E-state index is 0.0219. The molecule has 0 bridgehead atoms. The van der Waals surface area contributed by atoms with Crippen molar-refractivity contribution in [3.05, 3.63) is 46.9 Å². The van der Waals surface area contributed by atoms with Gasteiger partial charge in [-0.15, -0.1) is 5.10 Å². The second-order valence-corrected chi connectivity index (χ2v) is 5.21. The van der Waals surface area contributed by atoms with Crippen LogP contribution in [0.4, 0.5) is 4.39 Å². The summed E-state index contributed by atoms with van der Waals surface area (Å²) in [6, 6.07) is 6.44. The number of ether oxygens (including phenoxy) is 1. The molecular weight excluding hydrogens is 287 g/mol. The Balaban J connectivity index is 1.96. The highest BCUT2D eigenvalue weighted by Gasteiger charge is 2.28. The number of aryl methyl sites for hydroxylation is 1. The Morgan fingerprint density at radius 2 is 2.18 bits per heavy atom. The number of aromatic nitrogens is 2. The molecule has 1 amide bonds. The molecule has 6 nitrogen and oxygen atoms in total. The number of carbonyl (C=O) groups is 1. The Bertz CT molecular complexity index is 731. The van der Waals surface area contributed by atoms with Gasteiger partial charge in [-0.2, -0.15) is 5.10 Å². The summed E-state index contributed by atoms with van der Waals surface area (Å²) in [5, 5.41) is 7.65. The van der Waals surface area contributed by atoms with Crippen LogP contribution in [0.1, 0.15) is 40.4 Å². The van der Waals surface area contributed by atoms with Crippen LogP contribution in [0.3, 0.4) is 0 Å². The largest absolute Gasteiger partial charge is 0.434 e. The van der Waals surface area contributed by atoms with Gasteiger partial charge in [-0.3, -0.25) is 10.2 Å². The number of amides is 1. The molecule has 0 radical (unpaired) electrons. The molecule has 114 valence electrons. The fourth-order valence-corrected chi connectivity index (χ4v) is 2.21. The average molecular weight is 302 g/mol. The maximum Gasteiger partial charge on any atom is 0.270 e. The molecule has 1 fully saturated rings. The van der Waals surface area contributed by atoms with E-state index in [0.717, 1.165) is 12.8 Å². The molecule has 22 heavy (non-hydrogen) atoms. The third-order valence-electron chi connectivity index (χ3n) is 3.47. The predicted molar refractivity (Wildman–Crippen MR) is 76.9 cm³/mol. The molecule has 1 aliphatic carbocycles. The molecule has 3 rings (SSSR count). The lowest BCUT2D eigenvalue weighted by atomic mass is 10.1. The van der Waals surface area contributed by atoms with Gasteiger partial charge in [0.25, 0.3) is 11.8 Å². The number of nitrogens with zero attached hydrogens (tertiary/aromatic N) is 2. The number of rotatable bonds is 4. The first kappa shape index (κ1) is 14.4. The van der Waals surface area contributed by atoms with E-state index in [1.54, 1.807) is 19.1 Å². The van der Waals surface area contributed by atoms with E-state index in [1.165, 1.54) is 12.1 Å². The van der Waals surface area contributed by atoms with E-state index in [1.807, 2.05) is 5.43 Å². The molecule has 1 saturated carbocycles. The lowest BCUT2D eigenvalue weighted by molar-refractivity contribution is 0.0950. The summed E-state index contributed by atoms with van der Waals surface area (Å²) in [7, 11) is 0. The van der Waals surface area contributed by atoms with Gasteiger partial charge >= 0.3 is 0 Å². The Kier molecular flexibility index (Phi) is 3.72. The third-order valence-corrected chi connectivity index (χ3v) is 3.47. The van der Waals surface area contributed by atoms with Gasteiger partial charge in [-0.05, 0) is 43.4 Å². The highest BCUT2D eigenvalue weighted by molar-refractivity contribution is 5.96. The van der Waals surface area contributed by atoms with Crippen molar-refractivity contribution in [2.45, 2.75) is 25.7 Å². The van der Waals surface area contributed by atoms with E-state index < -0.39 is 11.7 Å². The fourth-order valence-electron chi connectivity index (χ4n) is 2.21. The van der Waals surface area contributed by atoms with E-state index >= 15 is 0 Å². The topological polar surface area (TPSA) is 90.1 Å². The smallest absolute Gasteiger partial charge is 0.270 e. The van der Waals surface area contributed by atoms with Crippen molar-refractivity contribution in [1.29, 1.82) is 0 Å². The van der Waals surface area contributed by atoms with Gasteiger partial charge in [0.15, 0.2) is 11.6 Å². The summed E-state index contributed by atoms with van der Waals surface area (Å²) in [5.41, 5.74) is 3.26. The number of benzene rings is 1. The zero-order valence-corrected chi connectivity index (χ0v) is 12.0. The van der Waals surface area contributed by atoms with Crippen molar-refractivity contribution in [1.82, 2.24) is 15.6 Å². The zero-order chi connectivity index (χ0) is 15.7. The van der Waals surface area contributed by atoms with Crippen LogP contribution < -0.4 is 16.0 Å². The van der Waals surface area contributed by atoms with Crippen molar-refractivity contribution >= 4 is 5.91 Å². The highest BCUT2D eigenvalue weighted by Crippen LogP contribution is 2.43. The highest BCUT2D eigenvalue weighted by atomic mass is 19.1. The van der Waals surface area contributed by atoms with E-state index in [2.05, 4.69) is 10.2 Å². The zero-order valence-electron chi connectivity index (χ0n) is 12.0. The van der Waals surface area contributed by atoms with Crippen LogP contribution >= 0.6 is 0 Å². The minimum Gasteiger partial charge on any atom is -0.434 e. The maximum atomic E-state index is 14.4. The lowest BCUT2D eigenvalue weighted by Gasteiger charge is -2.11. The summed E-state index contributed by atoms with van der Waals surface area (Å²) in [6.45, 7) is 1.68.